The number of amides is 4. The van der Waals surface area contributed by atoms with Gasteiger partial charge in [0.05, 0.1) is 6.54 Å². The van der Waals surface area contributed by atoms with Crippen molar-refractivity contribution in [1.29, 1.82) is 0 Å². The largest absolute Gasteiger partial charge is 0.355 e. The van der Waals surface area contributed by atoms with Gasteiger partial charge in [-0.05, 0) is 6.42 Å². The van der Waals surface area contributed by atoms with E-state index in [1.165, 1.54) is 0 Å². The number of carbonyl (C=O) groups is 3. The van der Waals surface area contributed by atoms with Crippen molar-refractivity contribution in [2.75, 3.05) is 19.6 Å². The van der Waals surface area contributed by atoms with Gasteiger partial charge in [-0.25, -0.2) is 4.79 Å². The van der Waals surface area contributed by atoms with Crippen LogP contribution in [0.5, 0.6) is 0 Å². The van der Waals surface area contributed by atoms with Crippen LogP contribution < -0.4 is 10.6 Å². The Balaban J connectivity index is 2.39. The van der Waals surface area contributed by atoms with Crippen molar-refractivity contribution in [3.05, 3.63) is 0 Å². The Labute approximate surface area is 81.6 Å². The molecule has 0 aromatic heterocycles. The second kappa shape index (κ2) is 4.59. The van der Waals surface area contributed by atoms with Gasteiger partial charge in [-0.2, -0.15) is 0 Å². The molecule has 0 aromatic rings. The van der Waals surface area contributed by atoms with E-state index in [1.54, 1.807) is 0 Å². The maximum atomic E-state index is 11.2. The zero-order valence-electron chi connectivity index (χ0n) is 8.00. The minimum atomic E-state index is -0.498. The number of imide groups is 1. The minimum Gasteiger partial charge on any atom is -0.355 e. The Kier molecular flexibility index (Phi) is 3.44. The van der Waals surface area contributed by atoms with Gasteiger partial charge in [0.2, 0.25) is 5.91 Å². The Bertz CT molecular complexity index is 249. The molecule has 0 unspecified atom stereocenters. The molecule has 0 saturated carbocycles. The monoisotopic (exact) mass is 199 g/mol. The number of nitrogens with one attached hydrogen (secondary N) is 2. The van der Waals surface area contributed by atoms with Gasteiger partial charge in [-0.15, -0.1) is 0 Å². The molecule has 1 rings (SSSR count). The molecule has 0 atom stereocenters. The van der Waals surface area contributed by atoms with E-state index in [1.807, 2.05) is 6.92 Å². The van der Waals surface area contributed by atoms with E-state index in [2.05, 4.69) is 10.6 Å². The van der Waals surface area contributed by atoms with E-state index in [-0.39, 0.29) is 24.9 Å². The van der Waals surface area contributed by atoms with E-state index >= 15 is 0 Å². The second-order valence-electron chi connectivity index (χ2n) is 2.99. The van der Waals surface area contributed by atoms with Crippen molar-refractivity contribution in [1.82, 2.24) is 15.5 Å². The van der Waals surface area contributed by atoms with Gasteiger partial charge in [0.15, 0.2) is 0 Å². The van der Waals surface area contributed by atoms with Crippen molar-refractivity contribution in [3.8, 4) is 0 Å². The number of rotatable bonds is 4. The molecule has 6 nitrogen and oxygen atoms in total. The zero-order valence-corrected chi connectivity index (χ0v) is 8.00. The Morgan fingerprint density at radius 2 is 2.29 bits per heavy atom. The van der Waals surface area contributed by atoms with E-state index in [0.29, 0.717) is 6.54 Å². The summed E-state index contributed by atoms with van der Waals surface area (Å²) < 4.78 is 0. The molecule has 6 heteroatoms. The van der Waals surface area contributed by atoms with Gasteiger partial charge < -0.3 is 10.6 Å². The van der Waals surface area contributed by atoms with Crippen LogP contribution in [0.4, 0.5) is 4.79 Å². The lowest BCUT2D eigenvalue weighted by Crippen LogP contribution is -2.41. The summed E-state index contributed by atoms with van der Waals surface area (Å²) in [6, 6.07) is -0.498. The highest BCUT2D eigenvalue weighted by atomic mass is 16.2. The van der Waals surface area contributed by atoms with E-state index in [0.717, 1.165) is 11.3 Å². The third kappa shape index (κ3) is 2.45. The molecule has 0 spiro atoms. The summed E-state index contributed by atoms with van der Waals surface area (Å²) in [6.45, 7) is 2.28. The Hall–Kier alpha value is -1.59. The number of hydrogen-bond donors (Lipinski definition) is 2. The Morgan fingerprint density at radius 3 is 2.79 bits per heavy atom. The number of urea groups is 1. The predicted octanol–water partition coefficient (Wildman–Crippen LogP) is -0.936. The van der Waals surface area contributed by atoms with Crippen LogP contribution in [0.2, 0.25) is 0 Å². The molecular weight excluding hydrogens is 186 g/mol. The molecule has 14 heavy (non-hydrogen) atoms. The molecule has 0 aliphatic carbocycles. The number of carbonyl (C=O) groups excluding carboxylic acids is 3. The summed E-state index contributed by atoms with van der Waals surface area (Å²) in [6.07, 6.45) is 0.825. The summed E-state index contributed by atoms with van der Waals surface area (Å²) in [7, 11) is 0. The SMILES string of the molecule is CCCNC(=O)CN1C(=O)CNC1=O. The highest BCUT2D eigenvalue weighted by Gasteiger charge is 2.29. The molecule has 1 aliphatic rings. The van der Waals surface area contributed by atoms with Crippen LogP contribution in [0.1, 0.15) is 13.3 Å². The first-order chi connectivity index (χ1) is 6.65. The van der Waals surface area contributed by atoms with Crippen molar-refractivity contribution in [3.63, 3.8) is 0 Å². The van der Waals surface area contributed by atoms with Crippen molar-refractivity contribution in [2.45, 2.75) is 13.3 Å². The predicted molar refractivity (Wildman–Crippen MR) is 48.4 cm³/mol. The number of nitrogens with zero attached hydrogens (tertiary/aromatic N) is 1. The molecule has 78 valence electrons. The quantitative estimate of drug-likeness (QED) is 0.574. The fourth-order valence-corrected chi connectivity index (χ4v) is 1.08. The normalized spacial score (nSPS) is 15.6. The van der Waals surface area contributed by atoms with Crippen molar-refractivity contribution < 1.29 is 14.4 Å². The van der Waals surface area contributed by atoms with Crippen LogP contribution in [0.15, 0.2) is 0 Å². The molecule has 0 aromatic carbocycles. The van der Waals surface area contributed by atoms with Gasteiger partial charge in [0.25, 0.3) is 5.91 Å². The summed E-state index contributed by atoms with van der Waals surface area (Å²) in [5, 5.41) is 4.93. The average Bonchev–Trinajstić information content (AvgIpc) is 2.46. The molecule has 0 bridgehead atoms. The van der Waals surface area contributed by atoms with Crippen LogP contribution in [0.3, 0.4) is 0 Å². The summed E-state index contributed by atoms with van der Waals surface area (Å²) >= 11 is 0. The first-order valence-corrected chi connectivity index (χ1v) is 4.50. The zero-order chi connectivity index (χ0) is 10.6. The third-order valence-electron chi connectivity index (χ3n) is 1.81. The third-order valence-corrected chi connectivity index (χ3v) is 1.81. The lowest BCUT2D eigenvalue weighted by Gasteiger charge is -2.11. The smallest absolute Gasteiger partial charge is 0.325 e. The first-order valence-electron chi connectivity index (χ1n) is 4.50. The summed E-state index contributed by atoms with van der Waals surface area (Å²) in [4.78, 5) is 34.1. The Morgan fingerprint density at radius 1 is 1.57 bits per heavy atom. The van der Waals surface area contributed by atoms with Gasteiger partial charge in [0.1, 0.15) is 6.54 Å². The fraction of sp³-hybridized carbons (Fsp3) is 0.625. The lowest BCUT2D eigenvalue weighted by atomic mass is 10.4. The molecule has 0 radical (unpaired) electrons. The minimum absolute atomic E-state index is 0.0140. The second-order valence-corrected chi connectivity index (χ2v) is 2.99. The molecule has 1 saturated heterocycles. The number of hydrogen-bond acceptors (Lipinski definition) is 3. The molecule has 1 heterocycles. The summed E-state index contributed by atoms with van der Waals surface area (Å²) in [5.74, 6) is -0.668. The van der Waals surface area contributed by atoms with Crippen molar-refractivity contribution >= 4 is 17.8 Å². The molecular formula is C8H13N3O3. The highest BCUT2D eigenvalue weighted by molar-refractivity contribution is 6.04. The molecule has 4 amide bonds. The van der Waals surface area contributed by atoms with Gasteiger partial charge in [-0.3, -0.25) is 14.5 Å². The van der Waals surface area contributed by atoms with E-state index < -0.39 is 6.03 Å². The van der Waals surface area contributed by atoms with Gasteiger partial charge in [-0.1, -0.05) is 6.92 Å². The van der Waals surface area contributed by atoms with E-state index in [9.17, 15) is 14.4 Å². The standard InChI is InChI=1S/C8H13N3O3/c1-2-3-9-6(12)5-11-7(13)4-10-8(11)14/h2-5H2,1H3,(H,9,12)(H,10,14). The topological polar surface area (TPSA) is 78.5 Å². The van der Waals surface area contributed by atoms with Crippen LogP contribution in [-0.4, -0.2) is 42.4 Å². The highest BCUT2D eigenvalue weighted by Crippen LogP contribution is 1.97. The summed E-state index contributed by atoms with van der Waals surface area (Å²) in [5.41, 5.74) is 0. The van der Waals surface area contributed by atoms with Crippen molar-refractivity contribution in [2.24, 2.45) is 0 Å². The molecule has 1 aliphatic heterocycles. The molecule has 1 fully saturated rings. The van der Waals surface area contributed by atoms with Gasteiger partial charge >= 0.3 is 6.03 Å². The van der Waals surface area contributed by atoms with Crippen LogP contribution >= 0.6 is 0 Å². The van der Waals surface area contributed by atoms with Crippen LogP contribution in [0, 0.1) is 0 Å². The maximum Gasteiger partial charge on any atom is 0.325 e. The fourth-order valence-electron chi connectivity index (χ4n) is 1.08. The van der Waals surface area contributed by atoms with Crippen LogP contribution in [-0.2, 0) is 9.59 Å². The maximum absolute atomic E-state index is 11.2. The van der Waals surface area contributed by atoms with Crippen LogP contribution in [0.25, 0.3) is 0 Å². The molecule has 2 N–H and O–H groups in total. The lowest BCUT2D eigenvalue weighted by molar-refractivity contribution is -0.130. The van der Waals surface area contributed by atoms with E-state index in [4.69, 9.17) is 0 Å². The average molecular weight is 199 g/mol. The van der Waals surface area contributed by atoms with Gasteiger partial charge in [0, 0.05) is 6.54 Å². The first kappa shape index (κ1) is 10.5.